The average molecular weight is 316 g/mol. The number of fused-ring (bicyclic) bond motifs is 3. The van der Waals surface area contributed by atoms with Gasteiger partial charge in [0.2, 0.25) is 5.88 Å². The molecule has 0 saturated carbocycles. The molecule has 3 aliphatic rings. The fourth-order valence-corrected chi connectivity index (χ4v) is 3.48. The molecule has 1 aromatic carbocycles. The SMILES string of the molecule is Clc1ccc(-c2ccc(O[C@H]3CN4CCC3CC4)nn2)cc1. The Hall–Kier alpha value is -1.65. The van der Waals surface area contributed by atoms with Gasteiger partial charge in [0.1, 0.15) is 6.10 Å². The van der Waals surface area contributed by atoms with Crippen molar-refractivity contribution in [3.63, 3.8) is 0 Å². The van der Waals surface area contributed by atoms with Crippen LogP contribution in [0.25, 0.3) is 11.3 Å². The summed E-state index contributed by atoms with van der Waals surface area (Å²) in [5, 5.41) is 9.23. The summed E-state index contributed by atoms with van der Waals surface area (Å²) >= 11 is 5.90. The van der Waals surface area contributed by atoms with Crippen molar-refractivity contribution in [2.45, 2.75) is 18.9 Å². The van der Waals surface area contributed by atoms with Crippen LogP contribution in [-0.2, 0) is 0 Å². The fraction of sp³-hybridized carbons (Fsp3) is 0.412. The van der Waals surface area contributed by atoms with Crippen molar-refractivity contribution >= 4 is 11.6 Å². The summed E-state index contributed by atoms with van der Waals surface area (Å²) in [6, 6.07) is 11.5. The average Bonchev–Trinajstić information content (AvgIpc) is 2.58. The molecule has 5 rings (SSSR count). The van der Waals surface area contributed by atoms with E-state index in [1.165, 1.54) is 25.9 Å². The maximum atomic E-state index is 6.06. The van der Waals surface area contributed by atoms with E-state index in [0.29, 0.717) is 11.8 Å². The van der Waals surface area contributed by atoms with Gasteiger partial charge in [-0.3, -0.25) is 4.90 Å². The first-order chi connectivity index (χ1) is 10.8. The molecule has 2 bridgehead atoms. The lowest BCUT2D eigenvalue weighted by molar-refractivity contribution is -0.0103. The van der Waals surface area contributed by atoms with Crippen molar-refractivity contribution in [3.8, 4) is 17.1 Å². The van der Waals surface area contributed by atoms with Crippen molar-refractivity contribution in [2.75, 3.05) is 19.6 Å². The van der Waals surface area contributed by atoms with Gasteiger partial charge < -0.3 is 4.74 Å². The van der Waals surface area contributed by atoms with Gasteiger partial charge in [-0.15, -0.1) is 10.2 Å². The van der Waals surface area contributed by atoms with Crippen molar-refractivity contribution < 1.29 is 4.74 Å². The fourth-order valence-electron chi connectivity index (χ4n) is 3.36. The number of hydrogen-bond acceptors (Lipinski definition) is 4. The molecule has 0 amide bonds. The summed E-state index contributed by atoms with van der Waals surface area (Å²) in [5.74, 6) is 1.29. The molecule has 3 fully saturated rings. The minimum Gasteiger partial charge on any atom is -0.472 e. The lowest BCUT2D eigenvalue weighted by Crippen LogP contribution is -2.52. The number of aromatic nitrogens is 2. The van der Waals surface area contributed by atoms with E-state index in [0.717, 1.165) is 22.8 Å². The third kappa shape index (κ3) is 2.81. The van der Waals surface area contributed by atoms with Crippen LogP contribution >= 0.6 is 11.6 Å². The quantitative estimate of drug-likeness (QED) is 0.871. The molecule has 1 aromatic heterocycles. The topological polar surface area (TPSA) is 38.2 Å². The van der Waals surface area contributed by atoms with Crippen LogP contribution in [0.5, 0.6) is 5.88 Å². The molecular weight excluding hydrogens is 298 g/mol. The van der Waals surface area contributed by atoms with E-state index in [2.05, 4.69) is 15.1 Å². The van der Waals surface area contributed by atoms with Crippen LogP contribution in [0.15, 0.2) is 36.4 Å². The summed E-state index contributed by atoms with van der Waals surface area (Å²) in [5.41, 5.74) is 1.84. The Morgan fingerprint density at radius 1 is 1.00 bits per heavy atom. The first-order valence-electron chi connectivity index (χ1n) is 7.76. The number of benzene rings is 1. The predicted octanol–water partition coefficient (Wildman–Crippen LogP) is 3.27. The Morgan fingerprint density at radius 3 is 2.36 bits per heavy atom. The maximum Gasteiger partial charge on any atom is 0.233 e. The van der Waals surface area contributed by atoms with Gasteiger partial charge in [-0.05, 0) is 50.0 Å². The first kappa shape index (κ1) is 14.0. The van der Waals surface area contributed by atoms with Crippen LogP contribution < -0.4 is 4.74 Å². The Labute approximate surface area is 135 Å². The molecule has 5 heteroatoms. The van der Waals surface area contributed by atoms with Crippen molar-refractivity contribution in [3.05, 3.63) is 41.4 Å². The zero-order valence-corrected chi connectivity index (χ0v) is 13.0. The van der Waals surface area contributed by atoms with E-state index in [-0.39, 0.29) is 6.10 Å². The van der Waals surface area contributed by atoms with Gasteiger partial charge >= 0.3 is 0 Å². The molecule has 2 aromatic rings. The second-order valence-electron chi connectivity index (χ2n) is 6.06. The first-order valence-corrected chi connectivity index (χ1v) is 8.14. The van der Waals surface area contributed by atoms with E-state index in [1.807, 2.05) is 36.4 Å². The number of piperidine rings is 3. The highest BCUT2D eigenvalue weighted by molar-refractivity contribution is 6.30. The molecule has 0 radical (unpaired) electrons. The Balaban J connectivity index is 1.46. The lowest BCUT2D eigenvalue weighted by atomic mass is 9.86. The smallest absolute Gasteiger partial charge is 0.233 e. The minimum atomic E-state index is 0.262. The van der Waals surface area contributed by atoms with E-state index in [1.54, 1.807) is 0 Å². The maximum absolute atomic E-state index is 6.06. The van der Waals surface area contributed by atoms with Crippen LogP contribution in [0.4, 0.5) is 0 Å². The summed E-state index contributed by atoms with van der Waals surface area (Å²) < 4.78 is 6.06. The van der Waals surface area contributed by atoms with E-state index >= 15 is 0 Å². The molecule has 1 atom stereocenters. The van der Waals surface area contributed by atoms with E-state index in [9.17, 15) is 0 Å². The highest BCUT2D eigenvalue weighted by atomic mass is 35.5. The van der Waals surface area contributed by atoms with Gasteiger partial charge in [0, 0.05) is 23.2 Å². The van der Waals surface area contributed by atoms with Crippen LogP contribution in [0.1, 0.15) is 12.8 Å². The standard InChI is InChI=1S/C17H18ClN3O/c18-14-3-1-12(2-4-14)15-5-6-17(20-19-15)22-16-11-21-9-7-13(16)8-10-21/h1-6,13,16H,7-11H2/t16-/m0/s1. The number of rotatable bonds is 3. The Morgan fingerprint density at radius 2 is 1.77 bits per heavy atom. The zero-order chi connectivity index (χ0) is 14.9. The minimum absolute atomic E-state index is 0.262. The summed E-state index contributed by atoms with van der Waals surface area (Å²) in [7, 11) is 0. The van der Waals surface area contributed by atoms with Gasteiger partial charge in [0.25, 0.3) is 0 Å². The number of halogens is 1. The zero-order valence-electron chi connectivity index (χ0n) is 12.3. The summed E-state index contributed by atoms with van der Waals surface area (Å²) in [4.78, 5) is 2.47. The van der Waals surface area contributed by atoms with Gasteiger partial charge in [0.05, 0.1) is 5.69 Å². The van der Waals surface area contributed by atoms with Crippen molar-refractivity contribution in [2.24, 2.45) is 5.92 Å². The second kappa shape index (κ2) is 5.86. The molecule has 3 aliphatic heterocycles. The molecule has 0 N–H and O–H groups in total. The van der Waals surface area contributed by atoms with Crippen molar-refractivity contribution in [1.82, 2.24) is 15.1 Å². The third-order valence-corrected chi connectivity index (χ3v) is 4.90. The van der Waals surface area contributed by atoms with E-state index < -0.39 is 0 Å². The molecule has 0 unspecified atom stereocenters. The Bertz CT molecular complexity index is 636. The highest BCUT2D eigenvalue weighted by Gasteiger charge is 2.35. The summed E-state index contributed by atoms with van der Waals surface area (Å²) in [6.45, 7) is 3.45. The van der Waals surface area contributed by atoms with Crippen LogP contribution in [0, 0.1) is 5.92 Å². The Kier molecular flexibility index (Phi) is 3.72. The number of ether oxygens (including phenoxy) is 1. The molecule has 3 saturated heterocycles. The number of hydrogen-bond donors (Lipinski definition) is 0. The van der Waals surface area contributed by atoms with Gasteiger partial charge in [0.15, 0.2) is 0 Å². The monoisotopic (exact) mass is 315 g/mol. The molecule has 114 valence electrons. The molecule has 4 nitrogen and oxygen atoms in total. The van der Waals surface area contributed by atoms with Gasteiger partial charge in [-0.1, -0.05) is 23.7 Å². The molecule has 0 aliphatic carbocycles. The summed E-state index contributed by atoms with van der Waals surface area (Å²) in [6.07, 6.45) is 2.74. The lowest BCUT2D eigenvalue weighted by Gasteiger charge is -2.44. The van der Waals surface area contributed by atoms with Crippen molar-refractivity contribution in [1.29, 1.82) is 0 Å². The van der Waals surface area contributed by atoms with Crippen LogP contribution in [-0.4, -0.2) is 40.8 Å². The highest BCUT2D eigenvalue weighted by Crippen LogP contribution is 2.30. The van der Waals surface area contributed by atoms with Crippen LogP contribution in [0.3, 0.4) is 0 Å². The molecule has 22 heavy (non-hydrogen) atoms. The second-order valence-corrected chi connectivity index (χ2v) is 6.49. The predicted molar refractivity (Wildman–Crippen MR) is 86.1 cm³/mol. The van der Waals surface area contributed by atoms with E-state index in [4.69, 9.17) is 16.3 Å². The molecule has 4 heterocycles. The molecular formula is C17H18ClN3O. The van der Waals surface area contributed by atoms with Gasteiger partial charge in [-0.2, -0.15) is 0 Å². The van der Waals surface area contributed by atoms with Gasteiger partial charge in [-0.25, -0.2) is 0 Å². The number of nitrogens with zero attached hydrogens (tertiary/aromatic N) is 3. The third-order valence-electron chi connectivity index (χ3n) is 4.65. The largest absolute Gasteiger partial charge is 0.472 e. The normalized spacial score (nSPS) is 26.9. The molecule has 0 spiro atoms. The van der Waals surface area contributed by atoms with Crippen LogP contribution in [0.2, 0.25) is 5.02 Å².